The van der Waals surface area contributed by atoms with Crippen molar-refractivity contribution in [3.8, 4) is 0 Å². The molecule has 1 aromatic heterocycles. The summed E-state index contributed by atoms with van der Waals surface area (Å²) in [6, 6.07) is 10.6. The Balaban J connectivity index is 1.71. The van der Waals surface area contributed by atoms with Gasteiger partial charge < -0.3 is 9.73 Å². The lowest BCUT2D eigenvalue weighted by molar-refractivity contribution is 0.443. The molecule has 1 aliphatic rings. The monoisotopic (exact) mass is 228 g/mol. The summed E-state index contributed by atoms with van der Waals surface area (Å²) < 4.78 is 5.73. The third-order valence-electron chi connectivity index (χ3n) is 3.28. The van der Waals surface area contributed by atoms with Gasteiger partial charge in [-0.05, 0) is 24.9 Å². The minimum Gasteiger partial charge on any atom is -0.444 e. The Kier molecular flexibility index (Phi) is 2.69. The third kappa shape index (κ3) is 2.11. The zero-order valence-electron chi connectivity index (χ0n) is 9.89. The first-order valence-electron chi connectivity index (χ1n) is 6.02. The minimum absolute atomic E-state index is 0.524. The second-order valence-electron chi connectivity index (χ2n) is 4.55. The number of rotatable bonds is 4. The molecular weight excluding hydrogens is 212 g/mol. The zero-order valence-corrected chi connectivity index (χ0v) is 9.89. The molecule has 1 saturated carbocycles. The van der Waals surface area contributed by atoms with Gasteiger partial charge in [-0.15, -0.1) is 0 Å². The van der Waals surface area contributed by atoms with Crippen molar-refractivity contribution in [1.29, 1.82) is 0 Å². The summed E-state index contributed by atoms with van der Waals surface area (Å²) in [5.41, 5.74) is 1.41. The van der Waals surface area contributed by atoms with E-state index in [1.807, 2.05) is 13.2 Å². The first kappa shape index (κ1) is 10.5. The summed E-state index contributed by atoms with van der Waals surface area (Å²) >= 11 is 0. The van der Waals surface area contributed by atoms with Crippen molar-refractivity contribution in [2.75, 3.05) is 7.05 Å². The van der Waals surface area contributed by atoms with Crippen LogP contribution in [0, 0.1) is 0 Å². The molecule has 3 heteroatoms. The zero-order chi connectivity index (χ0) is 11.7. The van der Waals surface area contributed by atoms with Gasteiger partial charge in [-0.1, -0.05) is 30.3 Å². The predicted octanol–water partition coefficient (Wildman–Crippen LogP) is 2.67. The van der Waals surface area contributed by atoms with E-state index in [1.165, 1.54) is 12.0 Å². The fraction of sp³-hybridized carbons (Fsp3) is 0.357. The Morgan fingerprint density at radius 2 is 2.12 bits per heavy atom. The van der Waals surface area contributed by atoms with Gasteiger partial charge in [0.05, 0.1) is 12.7 Å². The van der Waals surface area contributed by atoms with E-state index in [2.05, 4.69) is 40.6 Å². The molecule has 0 aliphatic heterocycles. The van der Waals surface area contributed by atoms with E-state index in [9.17, 15) is 0 Å². The van der Waals surface area contributed by atoms with Crippen LogP contribution in [0.4, 0.5) is 0 Å². The van der Waals surface area contributed by atoms with Gasteiger partial charge >= 0.3 is 0 Å². The molecule has 1 N–H and O–H groups in total. The van der Waals surface area contributed by atoms with Crippen LogP contribution in [0.3, 0.4) is 0 Å². The van der Waals surface area contributed by atoms with E-state index < -0.39 is 0 Å². The average Bonchev–Trinajstić information content (AvgIpc) is 3.04. The first-order valence-corrected chi connectivity index (χ1v) is 6.02. The molecule has 1 fully saturated rings. The molecule has 0 saturated heterocycles. The topological polar surface area (TPSA) is 38.1 Å². The molecule has 0 spiro atoms. The molecule has 88 valence electrons. The van der Waals surface area contributed by atoms with Crippen molar-refractivity contribution in [3.05, 3.63) is 53.7 Å². The van der Waals surface area contributed by atoms with E-state index in [0.717, 1.165) is 11.7 Å². The highest BCUT2D eigenvalue weighted by molar-refractivity contribution is 5.31. The van der Waals surface area contributed by atoms with E-state index in [-0.39, 0.29) is 0 Å². The lowest BCUT2D eigenvalue weighted by Gasteiger charge is -1.97. The quantitative estimate of drug-likeness (QED) is 0.874. The van der Waals surface area contributed by atoms with E-state index >= 15 is 0 Å². The van der Waals surface area contributed by atoms with Crippen LogP contribution in [0.15, 0.2) is 40.9 Å². The molecule has 1 aliphatic carbocycles. The summed E-state index contributed by atoms with van der Waals surface area (Å²) in [6.07, 6.45) is 3.05. The SMILES string of the molecule is CNCc1ncc(C2CC2c2ccccc2)o1. The molecule has 1 heterocycles. The predicted molar refractivity (Wildman–Crippen MR) is 65.8 cm³/mol. The normalized spacial score (nSPS) is 22.6. The second kappa shape index (κ2) is 4.34. The number of nitrogens with zero attached hydrogens (tertiary/aromatic N) is 1. The van der Waals surface area contributed by atoms with Gasteiger partial charge in [-0.3, -0.25) is 0 Å². The van der Waals surface area contributed by atoms with Crippen LogP contribution in [-0.4, -0.2) is 12.0 Å². The molecule has 0 amide bonds. The average molecular weight is 228 g/mol. The molecule has 1 aromatic carbocycles. The first-order chi connectivity index (χ1) is 8.38. The Morgan fingerprint density at radius 3 is 2.88 bits per heavy atom. The van der Waals surface area contributed by atoms with Crippen LogP contribution in [0.2, 0.25) is 0 Å². The summed E-state index contributed by atoms with van der Waals surface area (Å²) in [7, 11) is 1.90. The highest BCUT2D eigenvalue weighted by Gasteiger charge is 2.41. The number of aromatic nitrogens is 1. The fourth-order valence-electron chi connectivity index (χ4n) is 2.31. The highest BCUT2D eigenvalue weighted by atomic mass is 16.4. The number of oxazole rings is 1. The van der Waals surface area contributed by atoms with Gasteiger partial charge in [0.15, 0.2) is 0 Å². The molecule has 3 rings (SSSR count). The molecule has 2 aromatic rings. The van der Waals surface area contributed by atoms with Gasteiger partial charge in [0.1, 0.15) is 5.76 Å². The summed E-state index contributed by atoms with van der Waals surface area (Å²) in [5, 5.41) is 3.04. The maximum Gasteiger partial charge on any atom is 0.208 e. The van der Waals surface area contributed by atoms with E-state index in [1.54, 1.807) is 0 Å². The molecule has 2 atom stereocenters. The molecule has 3 nitrogen and oxygen atoms in total. The van der Waals surface area contributed by atoms with Crippen LogP contribution >= 0.6 is 0 Å². The Labute approximate surface area is 101 Å². The standard InChI is InChI=1S/C14H16N2O/c1-15-9-14-16-8-13(17-14)12-7-11(12)10-5-3-2-4-6-10/h2-6,8,11-12,15H,7,9H2,1H3. The molecule has 2 unspecified atom stereocenters. The molecular formula is C14H16N2O. The van der Waals surface area contributed by atoms with Gasteiger partial charge in [-0.25, -0.2) is 4.98 Å². The van der Waals surface area contributed by atoms with Crippen LogP contribution in [0.1, 0.15) is 35.5 Å². The summed E-state index contributed by atoms with van der Waals surface area (Å²) in [5.74, 6) is 2.95. The van der Waals surface area contributed by atoms with Crippen molar-refractivity contribution in [2.24, 2.45) is 0 Å². The van der Waals surface area contributed by atoms with Gasteiger partial charge in [-0.2, -0.15) is 0 Å². The van der Waals surface area contributed by atoms with E-state index in [0.29, 0.717) is 18.4 Å². The Hall–Kier alpha value is -1.61. The lowest BCUT2D eigenvalue weighted by Crippen LogP contribution is -2.04. The van der Waals surface area contributed by atoms with Crippen LogP contribution in [0.5, 0.6) is 0 Å². The molecule has 0 bridgehead atoms. The van der Waals surface area contributed by atoms with Gasteiger partial charge in [0, 0.05) is 5.92 Å². The van der Waals surface area contributed by atoms with Crippen molar-refractivity contribution in [2.45, 2.75) is 24.8 Å². The minimum atomic E-state index is 0.524. The third-order valence-corrected chi connectivity index (χ3v) is 3.28. The van der Waals surface area contributed by atoms with Crippen LogP contribution < -0.4 is 5.32 Å². The number of benzene rings is 1. The molecule has 17 heavy (non-hydrogen) atoms. The second-order valence-corrected chi connectivity index (χ2v) is 4.55. The van der Waals surface area contributed by atoms with Crippen molar-refractivity contribution >= 4 is 0 Å². The van der Waals surface area contributed by atoms with Crippen LogP contribution in [-0.2, 0) is 6.54 Å². The largest absolute Gasteiger partial charge is 0.444 e. The summed E-state index contributed by atoms with van der Waals surface area (Å²) in [4.78, 5) is 4.27. The number of hydrogen-bond acceptors (Lipinski definition) is 3. The number of nitrogens with one attached hydrogen (secondary N) is 1. The fourth-order valence-corrected chi connectivity index (χ4v) is 2.31. The highest BCUT2D eigenvalue weighted by Crippen LogP contribution is 2.54. The number of hydrogen-bond donors (Lipinski definition) is 1. The van der Waals surface area contributed by atoms with E-state index in [4.69, 9.17) is 4.42 Å². The molecule has 0 radical (unpaired) electrons. The maximum absolute atomic E-state index is 5.73. The lowest BCUT2D eigenvalue weighted by atomic mass is 10.1. The smallest absolute Gasteiger partial charge is 0.208 e. The van der Waals surface area contributed by atoms with Crippen molar-refractivity contribution in [1.82, 2.24) is 10.3 Å². The van der Waals surface area contributed by atoms with Crippen molar-refractivity contribution in [3.63, 3.8) is 0 Å². The van der Waals surface area contributed by atoms with Crippen molar-refractivity contribution < 1.29 is 4.42 Å². The van der Waals surface area contributed by atoms with Gasteiger partial charge in [0.25, 0.3) is 0 Å². The Morgan fingerprint density at radius 1 is 1.29 bits per heavy atom. The maximum atomic E-state index is 5.73. The van der Waals surface area contributed by atoms with Gasteiger partial charge in [0.2, 0.25) is 5.89 Å². The van der Waals surface area contributed by atoms with Crippen LogP contribution in [0.25, 0.3) is 0 Å². The Bertz CT molecular complexity index is 492. The summed E-state index contributed by atoms with van der Waals surface area (Å²) in [6.45, 7) is 0.697.